The first-order valence-electron chi connectivity index (χ1n) is 7.25. The van der Waals surface area contributed by atoms with E-state index in [9.17, 15) is 0 Å². The van der Waals surface area contributed by atoms with E-state index in [-0.39, 0.29) is 0 Å². The molecule has 1 rings (SSSR count). The Labute approximate surface area is 108 Å². The lowest BCUT2D eigenvalue weighted by Crippen LogP contribution is -2.48. The fraction of sp³-hybridized carbons (Fsp3) is 1.00. The van der Waals surface area contributed by atoms with Crippen LogP contribution in [0.2, 0.25) is 0 Å². The predicted molar refractivity (Wildman–Crippen MR) is 75.5 cm³/mol. The lowest BCUT2D eigenvalue weighted by molar-refractivity contribution is 0.131. The molecule has 1 aliphatic heterocycles. The average molecular weight is 241 g/mol. The maximum absolute atomic E-state index is 3.66. The van der Waals surface area contributed by atoms with E-state index < -0.39 is 0 Å². The molecule has 0 aromatic carbocycles. The molecule has 0 aromatic heterocycles. The smallest absolute Gasteiger partial charge is 0.00940 e. The molecule has 0 aromatic rings. The number of piperidine rings is 1. The van der Waals surface area contributed by atoms with Crippen molar-refractivity contribution in [1.82, 2.24) is 15.1 Å². The zero-order valence-electron chi connectivity index (χ0n) is 12.2. The molecule has 0 radical (unpaired) electrons. The van der Waals surface area contributed by atoms with E-state index in [2.05, 4.69) is 43.1 Å². The van der Waals surface area contributed by atoms with Crippen molar-refractivity contribution in [3.8, 4) is 0 Å². The van der Waals surface area contributed by atoms with Gasteiger partial charge < -0.3 is 15.1 Å². The quantitative estimate of drug-likeness (QED) is 0.733. The van der Waals surface area contributed by atoms with Gasteiger partial charge in [-0.25, -0.2) is 0 Å². The molecule has 2 atom stereocenters. The number of nitrogens with zero attached hydrogens (tertiary/aromatic N) is 2. The summed E-state index contributed by atoms with van der Waals surface area (Å²) in [5.74, 6) is 0. The number of hydrogen-bond donors (Lipinski definition) is 1. The van der Waals surface area contributed by atoms with E-state index in [4.69, 9.17) is 0 Å². The van der Waals surface area contributed by atoms with Gasteiger partial charge in [-0.3, -0.25) is 0 Å². The SMILES string of the molecule is CCCNC1CCN(CCCN(C)C)C(C)C1. The first kappa shape index (κ1) is 14.9. The van der Waals surface area contributed by atoms with Gasteiger partial charge >= 0.3 is 0 Å². The molecular weight excluding hydrogens is 210 g/mol. The molecule has 1 N–H and O–H groups in total. The normalized spacial score (nSPS) is 26.6. The molecule has 0 saturated carbocycles. The Morgan fingerprint density at radius 2 is 2.12 bits per heavy atom. The van der Waals surface area contributed by atoms with Crippen LogP contribution < -0.4 is 5.32 Å². The van der Waals surface area contributed by atoms with E-state index in [1.54, 1.807) is 0 Å². The Hall–Kier alpha value is -0.120. The first-order chi connectivity index (χ1) is 8.13. The zero-order valence-corrected chi connectivity index (χ0v) is 12.2. The summed E-state index contributed by atoms with van der Waals surface area (Å²) in [5, 5.41) is 3.66. The van der Waals surface area contributed by atoms with Crippen LogP contribution in [0.4, 0.5) is 0 Å². The first-order valence-corrected chi connectivity index (χ1v) is 7.25. The largest absolute Gasteiger partial charge is 0.314 e. The maximum Gasteiger partial charge on any atom is 0.00940 e. The van der Waals surface area contributed by atoms with Crippen LogP contribution in [0, 0.1) is 0 Å². The molecule has 1 heterocycles. The maximum atomic E-state index is 3.66. The molecule has 1 saturated heterocycles. The molecule has 1 aliphatic rings. The molecule has 0 spiro atoms. The Morgan fingerprint density at radius 3 is 2.71 bits per heavy atom. The minimum absolute atomic E-state index is 0.750. The minimum Gasteiger partial charge on any atom is -0.314 e. The van der Waals surface area contributed by atoms with Crippen LogP contribution in [0.15, 0.2) is 0 Å². The second-order valence-corrected chi connectivity index (χ2v) is 5.72. The topological polar surface area (TPSA) is 18.5 Å². The Morgan fingerprint density at radius 1 is 1.35 bits per heavy atom. The number of rotatable bonds is 7. The third kappa shape index (κ3) is 5.84. The van der Waals surface area contributed by atoms with Crippen LogP contribution in [0.5, 0.6) is 0 Å². The summed E-state index contributed by atoms with van der Waals surface area (Å²) in [6.07, 6.45) is 5.19. The highest BCUT2D eigenvalue weighted by Crippen LogP contribution is 2.17. The number of hydrogen-bond acceptors (Lipinski definition) is 3. The van der Waals surface area contributed by atoms with Gasteiger partial charge in [0.05, 0.1) is 0 Å². The van der Waals surface area contributed by atoms with Crippen molar-refractivity contribution < 1.29 is 0 Å². The van der Waals surface area contributed by atoms with Gasteiger partial charge in [0.2, 0.25) is 0 Å². The molecule has 1 fully saturated rings. The fourth-order valence-corrected chi connectivity index (χ4v) is 2.68. The fourth-order valence-electron chi connectivity index (χ4n) is 2.68. The number of nitrogens with one attached hydrogen (secondary N) is 1. The molecule has 3 nitrogen and oxygen atoms in total. The van der Waals surface area contributed by atoms with Gasteiger partial charge in [-0.05, 0) is 72.9 Å². The summed E-state index contributed by atoms with van der Waals surface area (Å²) in [6, 6.07) is 1.51. The molecule has 2 unspecified atom stereocenters. The third-order valence-electron chi connectivity index (χ3n) is 3.75. The van der Waals surface area contributed by atoms with E-state index in [0.29, 0.717) is 0 Å². The molecular formula is C14H31N3. The summed E-state index contributed by atoms with van der Waals surface area (Å²) >= 11 is 0. The van der Waals surface area contributed by atoms with Crippen molar-refractivity contribution in [2.75, 3.05) is 40.3 Å². The van der Waals surface area contributed by atoms with Crippen molar-refractivity contribution in [1.29, 1.82) is 0 Å². The minimum atomic E-state index is 0.750. The Kier molecular flexibility index (Phi) is 7.09. The van der Waals surface area contributed by atoms with Crippen LogP contribution in [-0.4, -0.2) is 62.2 Å². The molecule has 17 heavy (non-hydrogen) atoms. The summed E-state index contributed by atoms with van der Waals surface area (Å²) in [5.41, 5.74) is 0. The highest BCUT2D eigenvalue weighted by Gasteiger charge is 2.24. The standard InChI is InChI=1S/C14H31N3/c1-5-8-15-14-7-11-17(13(2)12-14)10-6-9-16(3)4/h13-15H,5-12H2,1-4H3. The van der Waals surface area contributed by atoms with Gasteiger partial charge in [0.25, 0.3) is 0 Å². The van der Waals surface area contributed by atoms with Gasteiger partial charge in [0.1, 0.15) is 0 Å². The van der Waals surface area contributed by atoms with Crippen molar-refractivity contribution >= 4 is 0 Å². The lowest BCUT2D eigenvalue weighted by Gasteiger charge is -2.38. The van der Waals surface area contributed by atoms with Gasteiger partial charge in [0, 0.05) is 12.1 Å². The van der Waals surface area contributed by atoms with Crippen LogP contribution in [-0.2, 0) is 0 Å². The van der Waals surface area contributed by atoms with Crippen molar-refractivity contribution in [2.45, 2.75) is 51.6 Å². The second-order valence-electron chi connectivity index (χ2n) is 5.72. The van der Waals surface area contributed by atoms with Crippen LogP contribution in [0.1, 0.15) is 39.5 Å². The molecule has 0 bridgehead atoms. The van der Waals surface area contributed by atoms with E-state index in [1.165, 1.54) is 51.9 Å². The molecule has 0 amide bonds. The van der Waals surface area contributed by atoms with Gasteiger partial charge in [-0.15, -0.1) is 0 Å². The van der Waals surface area contributed by atoms with Crippen LogP contribution >= 0.6 is 0 Å². The predicted octanol–water partition coefficient (Wildman–Crippen LogP) is 1.79. The monoisotopic (exact) mass is 241 g/mol. The summed E-state index contributed by atoms with van der Waals surface area (Å²) < 4.78 is 0. The average Bonchev–Trinajstić information content (AvgIpc) is 2.28. The Bertz CT molecular complexity index is 194. The van der Waals surface area contributed by atoms with E-state index in [1.807, 2.05) is 0 Å². The van der Waals surface area contributed by atoms with Gasteiger partial charge in [0.15, 0.2) is 0 Å². The van der Waals surface area contributed by atoms with E-state index in [0.717, 1.165) is 12.1 Å². The lowest BCUT2D eigenvalue weighted by atomic mass is 9.98. The van der Waals surface area contributed by atoms with Crippen molar-refractivity contribution in [3.63, 3.8) is 0 Å². The zero-order chi connectivity index (χ0) is 12.7. The Balaban J connectivity index is 2.18. The molecule has 102 valence electrons. The van der Waals surface area contributed by atoms with Crippen molar-refractivity contribution in [3.05, 3.63) is 0 Å². The summed E-state index contributed by atoms with van der Waals surface area (Å²) in [4.78, 5) is 4.94. The van der Waals surface area contributed by atoms with Crippen LogP contribution in [0.25, 0.3) is 0 Å². The second kappa shape index (κ2) is 8.06. The van der Waals surface area contributed by atoms with Crippen LogP contribution in [0.3, 0.4) is 0 Å². The highest BCUT2D eigenvalue weighted by molar-refractivity contribution is 4.82. The van der Waals surface area contributed by atoms with Gasteiger partial charge in [-0.1, -0.05) is 6.92 Å². The van der Waals surface area contributed by atoms with Gasteiger partial charge in [-0.2, -0.15) is 0 Å². The number of likely N-dealkylation sites (tertiary alicyclic amines) is 1. The summed E-state index contributed by atoms with van der Waals surface area (Å²) in [7, 11) is 4.31. The molecule has 3 heteroatoms. The third-order valence-corrected chi connectivity index (χ3v) is 3.75. The summed E-state index contributed by atoms with van der Waals surface area (Å²) in [6.45, 7) is 9.55. The van der Waals surface area contributed by atoms with Crippen molar-refractivity contribution in [2.24, 2.45) is 0 Å². The van der Waals surface area contributed by atoms with E-state index >= 15 is 0 Å². The highest BCUT2D eigenvalue weighted by atomic mass is 15.2. The molecule has 0 aliphatic carbocycles.